The van der Waals surface area contributed by atoms with Crippen LogP contribution >= 0.6 is 34.5 Å². The molecule has 2 heterocycles. The first kappa shape index (κ1) is 17.9. The van der Waals surface area contributed by atoms with Crippen LogP contribution < -0.4 is 10.3 Å². The Bertz CT molecular complexity index is 1120. The fourth-order valence-corrected chi connectivity index (χ4v) is 3.85. The molecule has 8 heteroatoms. The van der Waals surface area contributed by atoms with Crippen molar-refractivity contribution in [2.24, 2.45) is 0 Å². The minimum Gasteiger partial charge on any atom is -0.487 e. The lowest BCUT2D eigenvalue weighted by Gasteiger charge is -2.05. The molecule has 0 aliphatic rings. The average Bonchev–Trinajstić information content (AvgIpc) is 3.26. The Labute approximate surface area is 168 Å². The molecule has 4 aromatic rings. The van der Waals surface area contributed by atoms with Crippen LogP contribution in [0.15, 0.2) is 64.8 Å². The maximum Gasteiger partial charge on any atom is 0.273 e. The van der Waals surface area contributed by atoms with Crippen LogP contribution in [0.4, 0.5) is 0 Å². The molecule has 0 amide bonds. The molecule has 0 saturated heterocycles. The van der Waals surface area contributed by atoms with E-state index in [0.29, 0.717) is 26.6 Å². The van der Waals surface area contributed by atoms with Crippen molar-refractivity contribution in [3.8, 4) is 22.1 Å². The standard InChI is InChI=1S/C19H13Cl2N3O2S/c20-13-6-14(21)8-16(7-13)26-10-15-9-18(25)24(23-15)19-22-17(11-27-19)12-4-2-1-3-5-12/h1-9,11,23H,10H2. The van der Waals surface area contributed by atoms with Gasteiger partial charge >= 0.3 is 0 Å². The van der Waals surface area contributed by atoms with Crippen LogP contribution in [0.3, 0.4) is 0 Å². The van der Waals surface area contributed by atoms with Gasteiger partial charge in [-0.25, -0.2) is 4.98 Å². The molecule has 27 heavy (non-hydrogen) atoms. The fourth-order valence-electron chi connectivity index (χ4n) is 2.54. The topological polar surface area (TPSA) is 59.9 Å². The number of H-pyrrole nitrogens is 1. The summed E-state index contributed by atoms with van der Waals surface area (Å²) in [5, 5.41) is 6.48. The van der Waals surface area contributed by atoms with Crippen LogP contribution in [-0.4, -0.2) is 14.8 Å². The Hall–Kier alpha value is -2.54. The predicted molar refractivity (Wildman–Crippen MR) is 108 cm³/mol. The predicted octanol–water partition coefficient (Wildman–Crippen LogP) is 5.17. The highest BCUT2D eigenvalue weighted by molar-refractivity contribution is 7.12. The van der Waals surface area contributed by atoms with Gasteiger partial charge in [0.15, 0.2) is 0 Å². The van der Waals surface area contributed by atoms with Crippen molar-refractivity contribution in [3.05, 3.63) is 86.1 Å². The van der Waals surface area contributed by atoms with Crippen molar-refractivity contribution < 1.29 is 4.74 Å². The number of ether oxygens (including phenoxy) is 1. The van der Waals surface area contributed by atoms with Crippen molar-refractivity contribution in [1.29, 1.82) is 0 Å². The molecular formula is C19H13Cl2N3O2S. The van der Waals surface area contributed by atoms with E-state index in [0.717, 1.165) is 11.3 Å². The number of hydrogen-bond donors (Lipinski definition) is 1. The third-order valence-corrected chi connectivity index (χ3v) is 5.02. The molecule has 0 saturated carbocycles. The zero-order valence-corrected chi connectivity index (χ0v) is 16.2. The molecule has 0 atom stereocenters. The molecule has 0 spiro atoms. The Balaban J connectivity index is 1.53. The van der Waals surface area contributed by atoms with E-state index in [1.807, 2.05) is 35.7 Å². The van der Waals surface area contributed by atoms with E-state index < -0.39 is 0 Å². The molecule has 4 rings (SSSR count). The summed E-state index contributed by atoms with van der Waals surface area (Å²) in [4.78, 5) is 16.8. The quantitative estimate of drug-likeness (QED) is 0.486. The van der Waals surface area contributed by atoms with Gasteiger partial charge < -0.3 is 4.74 Å². The van der Waals surface area contributed by atoms with Gasteiger partial charge in [-0.3, -0.25) is 9.89 Å². The molecule has 1 N–H and O–H groups in total. The number of aromatic nitrogens is 3. The summed E-state index contributed by atoms with van der Waals surface area (Å²) in [7, 11) is 0. The van der Waals surface area contributed by atoms with Crippen LogP contribution in [0.5, 0.6) is 5.75 Å². The number of aromatic amines is 1. The third kappa shape index (κ3) is 4.08. The smallest absolute Gasteiger partial charge is 0.273 e. The van der Waals surface area contributed by atoms with E-state index in [4.69, 9.17) is 27.9 Å². The van der Waals surface area contributed by atoms with Gasteiger partial charge in [0, 0.05) is 27.1 Å². The van der Waals surface area contributed by atoms with Crippen LogP contribution in [0, 0.1) is 0 Å². The first-order chi connectivity index (χ1) is 13.1. The van der Waals surface area contributed by atoms with E-state index in [1.165, 1.54) is 22.1 Å². The van der Waals surface area contributed by atoms with Gasteiger partial charge in [0.05, 0.1) is 11.4 Å². The third-order valence-electron chi connectivity index (χ3n) is 3.76. The van der Waals surface area contributed by atoms with Crippen molar-refractivity contribution in [3.63, 3.8) is 0 Å². The fraction of sp³-hybridized carbons (Fsp3) is 0.0526. The van der Waals surface area contributed by atoms with E-state index >= 15 is 0 Å². The van der Waals surface area contributed by atoms with Gasteiger partial charge in [0.1, 0.15) is 12.4 Å². The molecule has 0 bridgehead atoms. The number of thiazole rings is 1. The van der Waals surface area contributed by atoms with Gasteiger partial charge in [-0.15, -0.1) is 11.3 Å². The maximum atomic E-state index is 12.3. The van der Waals surface area contributed by atoms with E-state index in [9.17, 15) is 4.79 Å². The summed E-state index contributed by atoms with van der Waals surface area (Å²) in [6.45, 7) is 0.176. The van der Waals surface area contributed by atoms with Gasteiger partial charge in [-0.05, 0) is 18.2 Å². The van der Waals surface area contributed by atoms with Crippen LogP contribution in [-0.2, 0) is 6.61 Å². The second kappa shape index (κ2) is 7.60. The summed E-state index contributed by atoms with van der Waals surface area (Å²) < 4.78 is 7.07. The number of rotatable bonds is 5. The highest BCUT2D eigenvalue weighted by atomic mass is 35.5. The summed E-state index contributed by atoms with van der Waals surface area (Å²) in [5.74, 6) is 0.529. The van der Waals surface area contributed by atoms with E-state index in [1.54, 1.807) is 18.2 Å². The molecule has 5 nitrogen and oxygen atoms in total. The van der Waals surface area contributed by atoms with Crippen LogP contribution in [0.2, 0.25) is 10.0 Å². The number of halogens is 2. The summed E-state index contributed by atoms with van der Waals surface area (Å²) in [5.41, 5.74) is 2.24. The molecule has 0 aliphatic heterocycles. The second-order valence-electron chi connectivity index (χ2n) is 5.73. The molecular weight excluding hydrogens is 405 g/mol. The zero-order valence-electron chi connectivity index (χ0n) is 13.9. The zero-order chi connectivity index (χ0) is 18.8. The van der Waals surface area contributed by atoms with Gasteiger partial charge in [0.25, 0.3) is 5.56 Å². The minimum absolute atomic E-state index is 0.176. The highest BCUT2D eigenvalue weighted by Crippen LogP contribution is 2.25. The molecule has 0 radical (unpaired) electrons. The summed E-state index contributed by atoms with van der Waals surface area (Å²) >= 11 is 13.3. The second-order valence-corrected chi connectivity index (χ2v) is 7.44. The molecule has 0 fully saturated rings. The molecule has 2 aromatic heterocycles. The number of hydrogen-bond acceptors (Lipinski definition) is 4. The molecule has 0 unspecified atom stereocenters. The largest absolute Gasteiger partial charge is 0.487 e. The van der Waals surface area contributed by atoms with Crippen molar-refractivity contribution >= 4 is 34.5 Å². The Kier molecular flexibility index (Phi) is 5.03. The molecule has 2 aromatic carbocycles. The lowest BCUT2D eigenvalue weighted by molar-refractivity contribution is 0.300. The lowest BCUT2D eigenvalue weighted by Crippen LogP contribution is -2.13. The minimum atomic E-state index is -0.202. The summed E-state index contributed by atoms with van der Waals surface area (Å²) in [6, 6.07) is 16.2. The van der Waals surface area contributed by atoms with Crippen molar-refractivity contribution in [2.45, 2.75) is 6.61 Å². The number of benzene rings is 2. The first-order valence-electron chi connectivity index (χ1n) is 8.00. The maximum absolute atomic E-state index is 12.3. The van der Waals surface area contributed by atoms with Crippen LogP contribution in [0.1, 0.15) is 5.69 Å². The van der Waals surface area contributed by atoms with Crippen molar-refractivity contribution in [1.82, 2.24) is 14.8 Å². The molecule has 0 aliphatic carbocycles. The van der Waals surface area contributed by atoms with Crippen LogP contribution in [0.25, 0.3) is 16.4 Å². The Morgan fingerprint density at radius 3 is 2.56 bits per heavy atom. The molecule has 136 valence electrons. The Morgan fingerprint density at radius 1 is 1.07 bits per heavy atom. The van der Waals surface area contributed by atoms with Gasteiger partial charge in [0.2, 0.25) is 5.13 Å². The van der Waals surface area contributed by atoms with Gasteiger partial charge in [-0.1, -0.05) is 53.5 Å². The normalized spacial score (nSPS) is 10.9. The average molecular weight is 418 g/mol. The van der Waals surface area contributed by atoms with E-state index in [-0.39, 0.29) is 12.2 Å². The number of nitrogens with zero attached hydrogens (tertiary/aromatic N) is 2. The monoisotopic (exact) mass is 417 g/mol. The number of nitrogens with one attached hydrogen (secondary N) is 1. The SMILES string of the molecule is O=c1cc(COc2cc(Cl)cc(Cl)c2)[nH]n1-c1nc(-c2ccccc2)cs1. The Morgan fingerprint density at radius 2 is 1.81 bits per heavy atom. The first-order valence-corrected chi connectivity index (χ1v) is 9.63. The van der Waals surface area contributed by atoms with Crippen molar-refractivity contribution in [2.75, 3.05) is 0 Å². The highest BCUT2D eigenvalue weighted by Gasteiger charge is 2.11. The van der Waals surface area contributed by atoms with E-state index in [2.05, 4.69) is 10.1 Å². The lowest BCUT2D eigenvalue weighted by atomic mass is 10.2. The van der Waals surface area contributed by atoms with Gasteiger partial charge in [-0.2, -0.15) is 4.68 Å². The summed E-state index contributed by atoms with van der Waals surface area (Å²) in [6.07, 6.45) is 0.